The summed E-state index contributed by atoms with van der Waals surface area (Å²) < 4.78 is 59.6. The van der Waals surface area contributed by atoms with Crippen molar-refractivity contribution in [1.29, 1.82) is 0 Å². The maximum Gasteiger partial charge on any atom is 0.416 e. The number of pyridine rings is 1. The molecule has 4 rings (SSSR count). The third-order valence-corrected chi connectivity index (χ3v) is 5.46. The number of aryl methyl sites for hydroxylation is 1. The van der Waals surface area contributed by atoms with E-state index in [-0.39, 0.29) is 23.5 Å². The maximum atomic E-state index is 13.7. The van der Waals surface area contributed by atoms with Gasteiger partial charge in [-0.1, -0.05) is 0 Å². The van der Waals surface area contributed by atoms with E-state index in [2.05, 4.69) is 4.98 Å². The van der Waals surface area contributed by atoms with E-state index < -0.39 is 23.5 Å². The summed E-state index contributed by atoms with van der Waals surface area (Å²) in [5.41, 5.74) is 0.833. The molecule has 1 aliphatic rings. The Morgan fingerprint density at radius 3 is 2.38 bits per heavy atom. The van der Waals surface area contributed by atoms with Crippen molar-refractivity contribution in [2.24, 2.45) is 0 Å². The third kappa shape index (κ3) is 3.63. The van der Waals surface area contributed by atoms with Gasteiger partial charge in [-0.25, -0.2) is 9.37 Å². The largest absolute Gasteiger partial charge is 0.481 e. The van der Waals surface area contributed by atoms with Crippen LogP contribution in [0, 0.1) is 19.7 Å². The molecule has 3 aromatic rings. The highest BCUT2D eigenvalue weighted by molar-refractivity contribution is 6.13. The second-order valence-electron chi connectivity index (χ2n) is 7.42. The number of fused-ring (bicyclic) bond motifs is 1. The van der Waals surface area contributed by atoms with Gasteiger partial charge in [-0.05, 0) is 61.4 Å². The van der Waals surface area contributed by atoms with E-state index >= 15 is 0 Å². The summed E-state index contributed by atoms with van der Waals surface area (Å²) in [7, 11) is 1.46. The summed E-state index contributed by atoms with van der Waals surface area (Å²) in [5, 5.41) is 0. The molecule has 5 nitrogen and oxygen atoms in total. The van der Waals surface area contributed by atoms with Gasteiger partial charge in [-0.15, -0.1) is 0 Å². The van der Waals surface area contributed by atoms with Gasteiger partial charge in [0, 0.05) is 11.8 Å². The zero-order valence-corrected chi connectivity index (χ0v) is 17.5. The van der Waals surface area contributed by atoms with Crippen molar-refractivity contribution in [3.05, 3.63) is 76.7 Å². The van der Waals surface area contributed by atoms with Gasteiger partial charge in [0.1, 0.15) is 12.5 Å². The van der Waals surface area contributed by atoms with Crippen molar-refractivity contribution in [3.63, 3.8) is 0 Å². The van der Waals surface area contributed by atoms with Gasteiger partial charge in [0.05, 0.1) is 35.8 Å². The second kappa shape index (κ2) is 7.81. The Bertz CT molecular complexity index is 1190. The Kier molecular flexibility index (Phi) is 5.28. The molecule has 0 atom stereocenters. The van der Waals surface area contributed by atoms with Crippen LogP contribution in [0.4, 0.5) is 34.6 Å². The lowest BCUT2D eigenvalue weighted by Gasteiger charge is -2.40. The Morgan fingerprint density at radius 1 is 1.03 bits per heavy atom. The maximum absolute atomic E-state index is 13.7. The molecule has 2 heterocycles. The number of benzene rings is 2. The van der Waals surface area contributed by atoms with Crippen LogP contribution >= 0.6 is 0 Å². The van der Waals surface area contributed by atoms with Crippen LogP contribution < -0.4 is 14.5 Å². The predicted octanol–water partition coefficient (Wildman–Crippen LogP) is 5.62. The molecule has 0 spiro atoms. The predicted molar refractivity (Wildman–Crippen MR) is 112 cm³/mol. The molecule has 166 valence electrons. The molecule has 0 saturated carbocycles. The number of rotatable bonds is 3. The summed E-state index contributed by atoms with van der Waals surface area (Å²) in [6, 6.07) is 9.35. The van der Waals surface area contributed by atoms with E-state index in [9.17, 15) is 22.4 Å². The first-order valence-electron chi connectivity index (χ1n) is 9.68. The summed E-state index contributed by atoms with van der Waals surface area (Å²) >= 11 is 0. The molecule has 0 unspecified atom stereocenters. The molecule has 0 N–H and O–H groups in total. The van der Waals surface area contributed by atoms with Gasteiger partial charge in [0.2, 0.25) is 5.88 Å². The van der Waals surface area contributed by atoms with Gasteiger partial charge in [-0.2, -0.15) is 13.2 Å². The number of carbonyl (C=O) groups excluding carboxylic acids is 1. The zero-order chi connectivity index (χ0) is 23.2. The molecule has 0 fully saturated rings. The minimum atomic E-state index is -4.58. The highest BCUT2D eigenvalue weighted by atomic mass is 19.4. The summed E-state index contributed by atoms with van der Waals surface area (Å²) in [5.74, 6) is -0.563. The number of carbonyl (C=O) groups is 1. The number of alkyl halides is 3. The molecular formula is C23H19F4N3O2. The first-order chi connectivity index (χ1) is 15.1. The number of amides is 1. The number of hydrogen-bond donors (Lipinski definition) is 0. The first-order valence-corrected chi connectivity index (χ1v) is 9.68. The number of ether oxygens (including phenoxy) is 1. The van der Waals surface area contributed by atoms with Crippen LogP contribution in [-0.2, 0) is 6.18 Å². The monoisotopic (exact) mass is 445 g/mol. The lowest BCUT2D eigenvalue weighted by molar-refractivity contribution is -0.138. The standard InChI is InChI=1S/C23H19F4N3O2/c1-13-10-15(24)4-8-19(13)30-12-29(16-5-9-20(32-3)28-11-16)22(31)17-6-7-18(23(25,26)27)14(2)21(17)30/h4-11H,12H2,1-3H3. The molecule has 0 saturated heterocycles. The molecule has 0 radical (unpaired) electrons. The Hall–Kier alpha value is -3.62. The van der Waals surface area contributed by atoms with E-state index in [0.29, 0.717) is 22.8 Å². The van der Waals surface area contributed by atoms with E-state index in [1.54, 1.807) is 24.0 Å². The number of halogens is 4. The molecule has 9 heteroatoms. The lowest BCUT2D eigenvalue weighted by Crippen LogP contribution is -2.45. The van der Waals surface area contributed by atoms with Crippen LogP contribution in [0.25, 0.3) is 0 Å². The van der Waals surface area contributed by atoms with Gasteiger partial charge in [-0.3, -0.25) is 9.69 Å². The molecule has 0 aliphatic carbocycles. The minimum Gasteiger partial charge on any atom is -0.481 e. The smallest absolute Gasteiger partial charge is 0.416 e. The average Bonchev–Trinajstić information content (AvgIpc) is 2.74. The fraction of sp³-hybridized carbons (Fsp3) is 0.217. The van der Waals surface area contributed by atoms with Gasteiger partial charge < -0.3 is 9.64 Å². The van der Waals surface area contributed by atoms with E-state index in [1.165, 1.54) is 49.4 Å². The fourth-order valence-electron chi connectivity index (χ4n) is 3.92. The minimum absolute atomic E-state index is 0.0698. The van der Waals surface area contributed by atoms with Crippen LogP contribution in [-0.4, -0.2) is 24.7 Å². The number of anilines is 3. The SMILES string of the molecule is COc1ccc(N2CN(c3ccc(F)cc3C)c3c(ccc(C(F)(F)F)c3C)C2=O)cn1. The number of aromatic nitrogens is 1. The number of methoxy groups -OCH3 is 1. The molecule has 1 aliphatic heterocycles. The van der Waals surface area contributed by atoms with Crippen molar-refractivity contribution < 1.29 is 27.1 Å². The fourth-order valence-corrected chi connectivity index (χ4v) is 3.92. The van der Waals surface area contributed by atoms with Gasteiger partial charge >= 0.3 is 6.18 Å². The Labute approximate surface area is 181 Å². The molecule has 32 heavy (non-hydrogen) atoms. The number of hydrogen-bond acceptors (Lipinski definition) is 4. The first kappa shape index (κ1) is 21.6. The summed E-state index contributed by atoms with van der Waals surface area (Å²) in [4.78, 5) is 20.4. The highest BCUT2D eigenvalue weighted by Gasteiger charge is 2.39. The van der Waals surface area contributed by atoms with Crippen LogP contribution in [0.2, 0.25) is 0 Å². The third-order valence-electron chi connectivity index (χ3n) is 5.46. The Morgan fingerprint density at radius 2 is 1.78 bits per heavy atom. The molecule has 1 amide bonds. The Balaban J connectivity index is 1.92. The van der Waals surface area contributed by atoms with Crippen LogP contribution in [0.15, 0.2) is 48.7 Å². The van der Waals surface area contributed by atoms with Gasteiger partial charge in [0.15, 0.2) is 0 Å². The lowest BCUT2D eigenvalue weighted by atomic mass is 9.96. The van der Waals surface area contributed by atoms with E-state index in [4.69, 9.17) is 4.74 Å². The quantitative estimate of drug-likeness (QED) is 0.491. The molecule has 2 aromatic carbocycles. The van der Waals surface area contributed by atoms with Crippen LogP contribution in [0.1, 0.15) is 27.0 Å². The molecular weight excluding hydrogens is 426 g/mol. The van der Waals surface area contributed by atoms with E-state index in [0.717, 1.165) is 6.07 Å². The molecule has 1 aromatic heterocycles. The average molecular weight is 445 g/mol. The van der Waals surface area contributed by atoms with Crippen molar-refractivity contribution in [1.82, 2.24) is 4.98 Å². The van der Waals surface area contributed by atoms with Crippen molar-refractivity contribution in [2.75, 3.05) is 23.6 Å². The van der Waals surface area contributed by atoms with Gasteiger partial charge in [0.25, 0.3) is 5.91 Å². The summed E-state index contributed by atoms with van der Waals surface area (Å²) in [6.45, 7) is 2.93. The van der Waals surface area contributed by atoms with Crippen LogP contribution in [0.5, 0.6) is 5.88 Å². The normalized spacial score (nSPS) is 13.9. The van der Waals surface area contributed by atoms with Crippen molar-refractivity contribution >= 4 is 23.0 Å². The highest BCUT2D eigenvalue weighted by Crippen LogP contribution is 2.43. The van der Waals surface area contributed by atoms with Crippen molar-refractivity contribution in [2.45, 2.75) is 20.0 Å². The second-order valence-corrected chi connectivity index (χ2v) is 7.42. The van der Waals surface area contributed by atoms with E-state index in [1.807, 2.05) is 0 Å². The number of nitrogens with zero attached hydrogens (tertiary/aromatic N) is 3. The topological polar surface area (TPSA) is 45.7 Å². The van der Waals surface area contributed by atoms with Crippen LogP contribution in [0.3, 0.4) is 0 Å². The van der Waals surface area contributed by atoms with Crippen molar-refractivity contribution in [3.8, 4) is 5.88 Å². The zero-order valence-electron chi connectivity index (χ0n) is 17.5. The summed E-state index contributed by atoms with van der Waals surface area (Å²) in [6.07, 6.45) is -3.13. The molecule has 0 bridgehead atoms.